The van der Waals surface area contributed by atoms with E-state index >= 15 is 0 Å². The van der Waals surface area contributed by atoms with Crippen LogP contribution in [0.1, 0.15) is 51.8 Å². The van der Waals surface area contributed by atoms with Gasteiger partial charge in [-0.15, -0.1) is 0 Å². The van der Waals surface area contributed by atoms with Crippen LogP contribution in [-0.4, -0.2) is 62.3 Å². The molecule has 1 unspecified atom stereocenters. The summed E-state index contributed by atoms with van der Waals surface area (Å²) < 4.78 is 26.5. The van der Waals surface area contributed by atoms with Crippen molar-refractivity contribution in [1.29, 1.82) is 0 Å². The summed E-state index contributed by atoms with van der Waals surface area (Å²) >= 11 is 0. The van der Waals surface area contributed by atoms with Gasteiger partial charge in [-0.25, -0.2) is 19.0 Å². The average molecular weight is 598 g/mol. The average Bonchev–Trinajstić information content (AvgIpc) is 3.35. The molecular formula is C30H36FN5O7. The number of halogens is 1. The Bertz CT molecular complexity index is 1440. The first-order valence-corrected chi connectivity index (χ1v) is 13.4. The Morgan fingerprint density at radius 1 is 1.00 bits per heavy atom. The first kappa shape index (κ1) is 32.7. The van der Waals surface area contributed by atoms with Gasteiger partial charge < -0.3 is 35.1 Å². The Labute approximate surface area is 248 Å². The maximum absolute atomic E-state index is 14.4. The standard InChI is InChI=1S/C30H36FN5O7/c1-29(2,3)43-28(41)35-30(4,5)27(40)33-22(17-42-16-19-11-7-6-8-12-19)25(37)34-23-15-36(18-32-23)24(26(38)39)20-13-9-10-14-21(20)31/h6-15,18,22,24H,16-17H2,1-5H3,(H,33,40)(H,34,37)(H,35,41)(H,38,39)/t22-,24?/m1/s1. The number of alkyl carbamates (subject to hydrolysis) is 1. The van der Waals surface area contributed by atoms with Crippen LogP contribution >= 0.6 is 0 Å². The van der Waals surface area contributed by atoms with E-state index in [-0.39, 0.29) is 24.6 Å². The summed E-state index contributed by atoms with van der Waals surface area (Å²) in [7, 11) is 0. The summed E-state index contributed by atoms with van der Waals surface area (Å²) in [6, 6.07) is 11.9. The molecule has 3 rings (SSSR count). The van der Waals surface area contributed by atoms with Crippen molar-refractivity contribution >= 4 is 29.7 Å². The monoisotopic (exact) mass is 597 g/mol. The number of rotatable bonds is 12. The van der Waals surface area contributed by atoms with E-state index in [2.05, 4.69) is 20.9 Å². The number of carboxylic acids is 1. The molecule has 1 heterocycles. The lowest BCUT2D eigenvalue weighted by atomic mass is 10.0. The Morgan fingerprint density at radius 2 is 1.65 bits per heavy atom. The van der Waals surface area contributed by atoms with E-state index < -0.39 is 52.9 Å². The molecule has 43 heavy (non-hydrogen) atoms. The largest absolute Gasteiger partial charge is 0.479 e. The van der Waals surface area contributed by atoms with Gasteiger partial charge in [-0.05, 0) is 46.2 Å². The van der Waals surface area contributed by atoms with Crippen LogP contribution in [0, 0.1) is 5.82 Å². The molecule has 2 atom stereocenters. The second kappa shape index (κ2) is 13.9. The molecule has 230 valence electrons. The number of aromatic nitrogens is 2. The van der Waals surface area contributed by atoms with Crippen molar-refractivity contribution in [3.05, 3.63) is 84.1 Å². The van der Waals surface area contributed by atoms with Crippen molar-refractivity contribution in [3.63, 3.8) is 0 Å². The fraction of sp³-hybridized carbons (Fsp3) is 0.367. The van der Waals surface area contributed by atoms with Gasteiger partial charge in [-0.2, -0.15) is 0 Å². The number of amides is 3. The third-order valence-electron chi connectivity index (χ3n) is 5.98. The topological polar surface area (TPSA) is 161 Å². The van der Waals surface area contributed by atoms with Gasteiger partial charge in [0, 0.05) is 11.8 Å². The highest BCUT2D eigenvalue weighted by molar-refractivity contribution is 5.98. The summed E-state index contributed by atoms with van der Waals surface area (Å²) in [5.74, 6) is -3.51. The van der Waals surface area contributed by atoms with E-state index in [4.69, 9.17) is 9.47 Å². The van der Waals surface area contributed by atoms with E-state index in [1.165, 1.54) is 38.2 Å². The van der Waals surface area contributed by atoms with Gasteiger partial charge in [0.1, 0.15) is 23.0 Å². The molecule has 0 saturated carbocycles. The lowest BCUT2D eigenvalue weighted by Crippen LogP contribution is -2.59. The Morgan fingerprint density at radius 3 is 2.28 bits per heavy atom. The van der Waals surface area contributed by atoms with Crippen LogP contribution in [0.15, 0.2) is 67.1 Å². The molecule has 1 aromatic heterocycles. The fourth-order valence-corrected chi connectivity index (χ4v) is 3.88. The molecule has 3 amide bonds. The second-order valence-electron chi connectivity index (χ2n) is 11.2. The summed E-state index contributed by atoms with van der Waals surface area (Å²) in [5, 5.41) is 17.4. The fourth-order valence-electron chi connectivity index (χ4n) is 3.88. The van der Waals surface area contributed by atoms with Crippen molar-refractivity contribution in [2.75, 3.05) is 11.9 Å². The molecule has 0 bridgehead atoms. The number of carbonyl (C=O) groups excluding carboxylic acids is 3. The predicted molar refractivity (Wildman–Crippen MR) is 155 cm³/mol. The third-order valence-corrected chi connectivity index (χ3v) is 5.98. The highest BCUT2D eigenvalue weighted by atomic mass is 19.1. The van der Waals surface area contributed by atoms with Crippen molar-refractivity contribution in [1.82, 2.24) is 20.2 Å². The molecule has 0 fully saturated rings. The van der Waals surface area contributed by atoms with E-state index in [9.17, 15) is 28.7 Å². The molecule has 0 saturated heterocycles. The number of imidazole rings is 1. The van der Waals surface area contributed by atoms with Crippen molar-refractivity contribution in [2.24, 2.45) is 0 Å². The maximum Gasteiger partial charge on any atom is 0.408 e. The first-order chi connectivity index (χ1) is 20.2. The van der Waals surface area contributed by atoms with Gasteiger partial charge in [0.05, 0.1) is 19.5 Å². The van der Waals surface area contributed by atoms with Crippen LogP contribution in [0.2, 0.25) is 0 Å². The number of hydrogen-bond donors (Lipinski definition) is 4. The Kier molecular flexibility index (Phi) is 10.6. The number of aliphatic carboxylic acids is 1. The van der Waals surface area contributed by atoms with Gasteiger partial charge in [-0.3, -0.25) is 9.59 Å². The minimum Gasteiger partial charge on any atom is -0.479 e. The number of benzene rings is 2. The summed E-state index contributed by atoms with van der Waals surface area (Å²) in [6.45, 7) is 7.84. The molecule has 0 aliphatic carbocycles. The van der Waals surface area contributed by atoms with Crippen LogP contribution in [0.5, 0.6) is 0 Å². The number of ether oxygens (including phenoxy) is 2. The van der Waals surface area contributed by atoms with Crippen LogP contribution < -0.4 is 16.0 Å². The van der Waals surface area contributed by atoms with E-state index in [1.54, 1.807) is 20.8 Å². The minimum atomic E-state index is -1.48. The van der Waals surface area contributed by atoms with E-state index in [0.29, 0.717) is 0 Å². The van der Waals surface area contributed by atoms with Crippen molar-refractivity contribution < 1.29 is 38.1 Å². The van der Waals surface area contributed by atoms with Gasteiger partial charge in [0.15, 0.2) is 11.9 Å². The van der Waals surface area contributed by atoms with Gasteiger partial charge in [0.25, 0.3) is 5.91 Å². The minimum absolute atomic E-state index is 0.0407. The molecule has 4 N–H and O–H groups in total. The maximum atomic E-state index is 14.4. The predicted octanol–water partition coefficient (Wildman–Crippen LogP) is 3.64. The molecule has 12 nitrogen and oxygen atoms in total. The summed E-state index contributed by atoms with van der Waals surface area (Å²) in [5.41, 5.74) is -1.52. The molecule has 0 aliphatic rings. The van der Waals surface area contributed by atoms with Crippen LogP contribution in [0.4, 0.5) is 15.0 Å². The molecule has 3 aromatic rings. The number of hydrogen-bond acceptors (Lipinski definition) is 7. The summed E-state index contributed by atoms with van der Waals surface area (Å²) in [6.07, 6.45) is 1.57. The number of carboxylic acid groups (broad SMARTS) is 1. The summed E-state index contributed by atoms with van der Waals surface area (Å²) in [4.78, 5) is 54.8. The molecular weight excluding hydrogens is 561 g/mol. The zero-order chi connectivity index (χ0) is 31.8. The SMILES string of the molecule is CC(C)(C)OC(=O)NC(C)(C)C(=O)N[C@H](COCc1ccccc1)C(=O)Nc1cn(C(C(=O)O)c2ccccc2F)cn1. The molecule has 13 heteroatoms. The van der Waals surface area contributed by atoms with E-state index in [0.717, 1.165) is 22.5 Å². The zero-order valence-corrected chi connectivity index (χ0v) is 24.6. The van der Waals surface area contributed by atoms with Crippen LogP contribution in [-0.2, 0) is 30.5 Å². The molecule has 0 radical (unpaired) electrons. The molecule has 0 spiro atoms. The van der Waals surface area contributed by atoms with Crippen LogP contribution in [0.25, 0.3) is 0 Å². The highest BCUT2D eigenvalue weighted by Crippen LogP contribution is 2.23. The van der Waals surface area contributed by atoms with Gasteiger partial charge in [-0.1, -0.05) is 48.5 Å². The first-order valence-electron chi connectivity index (χ1n) is 13.4. The normalized spacial score (nSPS) is 13.0. The number of anilines is 1. The second-order valence-corrected chi connectivity index (χ2v) is 11.2. The lowest BCUT2D eigenvalue weighted by Gasteiger charge is -2.29. The molecule has 0 aliphatic heterocycles. The Balaban J connectivity index is 1.76. The van der Waals surface area contributed by atoms with E-state index in [1.807, 2.05) is 30.3 Å². The highest BCUT2D eigenvalue weighted by Gasteiger charge is 2.35. The lowest BCUT2D eigenvalue weighted by molar-refractivity contribution is -0.139. The van der Waals surface area contributed by atoms with Gasteiger partial charge in [0.2, 0.25) is 5.91 Å². The smallest absolute Gasteiger partial charge is 0.408 e. The Hall–Kier alpha value is -4.78. The number of nitrogens with one attached hydrogen (secondary N) is 3. The quantitative estimate of drug-likeness (QED) is 0.246. The van der Waals surface area contributed by atoms with Crippen LogP contribution in [0.3, 0.4) is 0 Å². The third kappa shape index (κ3) is 9.64. The van der Waals surface area contributed by atoms with Crippen molar-refractivity contribution in [2.45, 2.75) is 64.4 Å². The van der Waals surface area contributed by atoms with Crippen molar-refractivity contribution in [3.8, 4) is 0 Å². The molecule has 2 aromatic carbocycles. The zero-order valence-electron chi connectivity index (χ0n) is 24.6. The number of carbonyl (C=O) groups is 4. The van der Waals surface area contributed by atoms with Gasteiger partial charge >= 0.3 is 12.1 Å². The number of nitrogens with zero attached hydrogens (tertiary/aromatic N) is 2.